The Hall–Kier alpha value is -3.07. The molecule has 3 aromatic rings. The fourth-order valence-electron chi connectivity index (χ4n) is 3.27. The Morgan fingerprint density at radius 3 is 2.04 bits per heavy atom. The highest BCUT2D eigenvalue weighted by molar-refractivity contribution is 5.95. The molecule has 0 unspecified atom stereocenters. The molecule has 0 aliphatic carbocycles. The maximum Gasteiger partial charge on any atom is 0.251 e. The molecule has 0 radical (unpaired) electrons. The van der Waals surface area contributed by atoms with E-state index in [0.29, 0.717) is 11.5 Å². The Labute approximate surface area is 167 Å². The molecule has 3 aromatic carbocycles. The van der Waals surface area contributed by atoms with Gasteiger partial charge in [0.1, 0.15) is 5.75 Å². The highest BCUT2D eigenvalue weighted by atomic mass is 16.5. The molecule has 0 saturated heterocycles. The number of ether oxygens (including phenoxy) is 1. The highest BCUT2D eigenvalue weighted by Gasteiger charge is 2.17. The molecule has 144 valence electrons. The molecular formula is C25H27NO2. The first kappa shape index (κ1) is 19.7. The van der Waals surface area contributed by atoms with Crippen LogP contribution in [0.4, 0.5) is 0 Å². The van der Waals surface area contributed by atoms with Crippen molar-refractivity contribution in [1.82, 2.24) is 5.32 Å². The highest BCUT2D eigenvalue weighted by Crippen LogP contribution is 2.25. The normalized spacial score (nSPS) is 11.9. The first-order valence-corrected chi connectivity index (χ1v) is 9.67. The monoisotopic (exact) mass is 373 g/mol. The largest absolute Gasteiger partial charge is 0.497 e. The van der Waals surface area contributed by atoms with Gasteiger partial charge >= 0.3 is 0 Å². The summed E-state index contributed by atoms with van der Waals surface area (Å²) < 4.78 is 5.24. The zero-order chi connectivity index (χ0) is 19.9. The van der Waals surface area contributed by atoms with Gasteiger partial charge in [-0.3, -0.25) is 4.79 Å². The number of hydrogen-bond acceptors (Lipinski definition) is 2. The predicted octanol–water partition coefficient (Wildman–Crippen LogP) is 5.88. The van der Waals surface area contributed by atoms with Crippen molar-refractivity contribution in [3.8, 4) is 16.9 Å². The van der Waals surface area contributed by atoms with Crippen LogP contribution in [-0.4, -0.2) is 13.0 Å². The average molecular weight is 373 g/mol. The summed E-state index contributed by atoms with van der Waals surface area (Å²) in [6.45, 7) is 4.33. The molecule has 3 rings (SSSR count). The van der Waals surface area contributed by atoms with Crippen LogP contribution < -0.4 is 10.1 Å². The van der Waals surface area contributed by atoms with E-state index >= 15 is 0 Å². The van der Waals surface area contributed by atoms with E-state index in [4.69, 9.17) is 4.74 Å². The van der Waals surface area contributed by atoms with Crippen LogP contribution in [0.1, 0.15) is 42.2 Å². The second-order valence-electron chi connectivity index (χ2n) is 7.37. The van der Waals surface area contributed by atoms with Crippen LogP contribution in [0.2, 0.25) is 0 Å². The van der Waals surface area contributed by atoms with Crippen molar-refractivity contribution in [3.05, 3.63) is 90.0 Å². The number of hydrogen-bond donors (Lipinski definition) is 1. The van der Waals surface area contributed by atoms with Gasteiger partial charge in [-0.1, -0.05) is 68.4 Å². The second-order valence-corrected chi connectivity index (χ2v) is 7.37. The van der Waals surface area contributed by atoms with Crippen molar-refractivity contribution in [3.63, 3.8) is 0 Å². The van der Waals surface area contributed by atoms with Crippen LogP contribution in [0.25, 0.3) is 11.1 Å². The number of nitrogens with one attached hydrogen (secondary N) is 1. The van der Waals surface area contributed by atoms with Crippen LogP contribution in [0.3, 0.4) is 0 Å². The molecular weight excluding hydrogens is 346 g/mol. The van der Waals surface area contributed by atoms with E-state index < -0.39 is 0 Å². The number of methoxy groups -OCH3 is 1. The molecule has 0 heterocycles. The quantitative estimate of drug-likeness (QED) is 0.562. The third kappa shape index (κ3) is 5.01. The summed E-state index contributed by atoms with van der Waals surface area (Å²) in [7, 11) is 1.65. The van der Waals surface area contributed by atoms with Gasteiger partial charge in [0.05, 0.1) is 13.2 Å². The summed E-state index contributed by atoms with van der Waals surface area (Å²) in [4.78, 5) is 12.8. The lowest BCUT2D eigenvalue weighted by Crippen LogP contribution is -2.29. The molecule has 0 fully saturated rings. The van der Waals surface area contributed by atoms with E-state index in [0.717, 1.165) is 28.9 Å². The van der Waals surface area contributed by atoms with Crippen LogP contribution in [0.15, 0.2) is 78.9 Å². The number of amides is 1. The van der Waals surface area contributed by atoms with Crippen LogP contribution >= 0.6 is 0 Å². The van der Waals surface area contributed by atoms with Gasteiger partial charge in [0.15, 0.2) is 0 Å². The summed E-state index contributed by atoms with van der Waals surface area (Å²) in [5, 5.41) is 3.20. The van der Waals surface area contributed by atoms with Gasteiger partial charge in [-0.15, -0.1) is 0 Å². The Morgan fingerprint density at radius 1 is 0.857 bits per heavy atom. The van der Waals surface area contributed by atoms with Crippen molar-refractivity contribution in [1.29, 1.82) is 0 Å². The van der Waals surface area contributed by atoms with E-state index in [9.17, 15) is 4.79 Å². The van der Waals surface area contributed by atoms with Crippen molar-refractivity contribution in [2.24, 2.45) is 5.92 Å². The average Bonchev–Trinajstić information content (AvgIpc) is 2.74. The van der Waals surface area contributed by atoms with Gasteiger partial charge in [-0.25, -0.2) is 0 Å². The summed E-state index contributed by atoms with van der Waals surface area (Å²) >= 11 is 0. The molecule has 3 heteroatoms. The zero-order valence-corrected chi connectivity index (χ0v) is 16.7. The van der Waals surface area contributed by atoms with E-state index in [2.05, 4.69) is 31.3 Å². The molecule has 0 saturated carbocycles. The molecule has 1 amide bonds. The van der Waals surface area contributed by atoms with Gasteiger partial charge in [0.25, 0.3) is 5.91 Å². The maximum absolute atomic E-state index is 12.8. The SMILES string of the molecule is COc1ccc([C@H](CC(C)C)NC(=O)c2ccc(-c3ccccc3)cc2)cc1. The minimum atomic E-state index is -0.0546. The Balaban J connectivity index is 1.75. The number of benzene rings is 3. The van der Waals surface area contributed by atoms with Crippen molar-refractivity contribution >= 4 is 5.91 Å². The standard InChI is InChI=1S/C25H27NO2/c1-18(2)17-24(21-13-15-23(28-3)16-14-21)26-25(27)22-11-9-20(10-12-22)19-7-5-4-6-8-19/h4-16,18,24H,17H2,1-3H3,(H,26,27)/t24-/m0/s1. The lowest BCUT2D eigenvalue weighted by atomic mass is 9.96. The Morgan fingerprint density at radius 2 is 1.46 bits per heavy atom. The van der Waals surface area contributed by atoms with E-state index in [1.165, 1.54) is 0 Å². The summed E-state index contributed by atoms with van der Waals surface area (Å²) in [5.41, 5.74) is 4.00. The van der Waals surface area contributed by atoms with Crippen molar-refractivity contribution < 1.29 is 9.53 Å². The minimum Gasteiger partial charge on any atom is -0.497 e. The topological polar surface area (TPSA) is 38.3 Å². The first-order chi connectivity index (χ1) is 13.6. The molecule has 0 aliphatic rings. The van der Waals surface area contributed by atoms with E-state index in [1.807, 2.05) is 66.7 Å². The van der Waals surface area contributed by atoms with Gasteiger partial charge in [0, 0.05) is 5.56 Å². The molecule has 1 atom stereocenters. The summed E-state index contributed by atoms with van der Waals surface area (Å²) in [6.07, 6.45) is 0.875. The maximum atomic E-state index is 12.8. The number of carbonyl (C=O) groups is 1. The van der Waals surface area contributed by atoms with Crippen LogP contribution in [0, 0.1) is 5.92 Å². The molecule has 3 nitrogen and oxygen atoms in total. The van der Waals surface area contributed by atoms with Crippen molar-refractivity contribution in [2.45, 2.75) is 26.3 Å². The van der Waals surface area contributed by atoms with Crippen LogP contribution in [0.5, 0.6) is 5.75 Å². The van der Waals surface area contributed by atoms with Gasteiger partial charge in [-0.05, 0) is 53.3 Å². The zero-order valence-electron chi connectivity index (χ0n) is 16.7. The molecule has 0 aliphatic heterocycles. The van der Waals surface area contributed by atoms with E-state index in [-0.39, 0.29) is 11.9 Å². The smallest absolute Gasteiger partial charge is 0.251 e. The van der Waals surface area contributed by atoms with Gasteiger partial charge < -0.3 is 10.1 Å². The third-order valence-corrected chi connectivity index (χ3v) is 4.78. The second kappa shape index (κ2) is 9.23. The molecule has 28 heavy (non-hydrogen) atoms. The van der Waals surface area contributed by atoms with Gasteiger partial charge in [0.2, 0.25) is 0 Å². The minimum absolute atomic E-state index is 0.0350. The molecule has 1 N–H and O–H groups in total. The molecule has 0 spiro atoms. The predicted molar refractivity (Wildman–Crippen MR) is 115 cm³/mol. The number of rotatable bonds is 7. The van der Waals surface area contributed by atoms with Gasteiger partial charge in [-0.2, -0.15) is 0 Å². The summed E-state index contributed by atoms with van der Waals surface area (Å²) in [6, 6.07) is 25.8. The Kier molecular flexibility index (Phi) is 6.49. The Bertz CT molecular complexity index is 884. The molecule has 0 aromatic heterocycles. The fourth-order valence-corrected chi connectivity index (χ4v) is 3.27. The van der Waals surface area contributed by atoms with Crippen molar-refractivity contribution in [2.75, 3.05) is 7.11 Å². The summed E-state index contributed by atoms with van der Waals surface area (Å²) in [5.74, 6) is 1.23. The lowest BCUT2D eigenvalue weighted by molar-refractivity contribution is 0.0932. The fraction of sp³-hybridized carbons (Fsp3) is 0.240. The molecule has 0 bridgehead atoms. The number of carbonyl (C=O) groups excluding carboxylic acids is 1. The van der Waals surface area contributed by atoms with E-state index in [1.54, 1.807) is 7.11 Å². The lowest BCUT2D eigenvalue weighted by Gasteiger charge is -2.21. The van der Waals surface area contributed by atoms with Crippen LogP contribution in [-0.2, 0) is 0 Å². The third-order valence-electron chi connectivity index (χ3n) is 4.78. The first-order valence-electron chi connectivity index (χ1n) is 9.67.